The molecular weight excluding hydrogens is 376 g/mol. The predicted molar refractivity (Wildman–Crippen MR) is 93.2 cm³/mol. The van der Waals surface area contributed by atoms with Gasteiger partial charge in [0.25, 0.3) is 0 Å². The lowest BCUT2D eigenvalue weighted by molar-refractivity contribution is -0.170. The van der Waals surface area contributed by atoms with Crippen LogP contribution in [0.5, 0.6) is 0 Å². The van der Waals surface area contributed by atoms with Crippen molar-refractivity contribution < 1.29 is 37.7 Å². The zero-order valence-electron chi connectivity index (χ0n) is 15.9. The highest BCUT2D eigenvalue weighted by molar-refractivity contribution is 5.81. The molecule has 0 bridgehead atoms. The van der Waals surface area contributed by atoms with E-state index in [-0.39, 0.29) is 24.9 Å². The Bertz CT molecular complexity index is 754. The van der Waals surface area contributed by atoms with Gasteiger partial charge in [-0.25, -0.2) is 18.4 Å². The first-order chi connectivity index (χ1) is 13.1. The van der Waals surface area contributed by atoms with Gasteiger partial charge in [-0.2, -0.15) is 0 Å². The molecular formula is C19H23F2NO6. The molecule has 1 aliphatic rings. The topological polar surface area (TPSA) is 93.1 Å². The summed E-state index contributed by atoms with van der Waals surface area (Å²) in [7, 11) is 0. The van der Waals surface area contributed by atoms with Crippen LogP contribution in [0.15, 0.2) is 18.2 Å². The molecule has 3 atom stereocenters. The Morgan fingerprint density at radius 1 is 1.21 bits per heavy atom. The monoisotopic (exact) mass is 399 g/mol. The van der Waals surface area contributed by atoms with Crippen LogP contribution in [-0.2, 0) is 25.5 Å². The van der Waals surface area contributed by atoms with Gasteiger partial charge in [-0.05, 0) is 30.4 Å². The Morgan fingerprint density at radius 2 is 1.89 bits per heavy atom. The molecule has 1 N–H and O–H groups in total. The van der Waals surface area contributed by atoms with E-state index in [0.717, 1.165) is 11.0 Å². The second kappa shape index (κ2) is 8.99. The summed E-state index contributed by atoms with van der Waals surface area (Å²) in [5.74, 6) is -4.56. The van der Waals surface area contributed by atoms with E-state index in [1.54, 1.807) is 13.8 Å². The number of carbonyl (C=O) groups is 3. The minimum Gasteiger partial charge on any atom is -0.480 e. The highest BCUT2D eigenvalue weighted by Gasteiger charge is 2.41. The molecule has 0 aromatic heterocycles. The van der Waals surface area contributed by atoms with Crippen molar-refractivity contribution in [3.63, 3.8) is 0 Å². The van der Waals surface area contributed by atoms with Crippen molar-refractivity contribution in [3.05, 3.63) is 35.4 Å². The van der Waals surface area contributed by atoms with Gasteiger partial charge in [0.05, 0.1) is 5.92 Å². The van der Waals surface area contributed by atoms with Crippen LogP contribution in [0.1, 0.15) is 32.8 Å². The Labute approximate surface area is 161 Å². The van der Waals surface area contributed by atoms with Crippen LogP contribution >= 0.6 is 0 Å². The van der Waals surface area contributed by atoms with E-state index in [0.29, 0.717) is 0 Å². The van der Waals surface area contributed by atoms with E-state index in [9.17, 15) is 28.3 Å². The van der Waals surface area contributed by atoms with Gasteiger partial charge in [0.15, 0.2) is 11.6 Å². The number of halogens is 2. The summed E-state index contributed by atoms with van der Waals surface area (Å²) in [6.45, 7) is 4.59. The SMILES string of the molecule is CC(C)C(=O)O[C@H](C)OC(=O)N1C[C@@H](Cc2cccc(F)c2F)C[C@H]1C(=O)O. The van der Waals surface area contributed by atoms with Crippen molar-refractivity contribution in [2.45, 2.75) is 45.9 Å². The number of hydrogen-bond acceptors (Lipinski definition) is 5. The number of aliphatic carboxylic acids is 1. The van der Waals surface area contributed by atoms with E-state index >= 15 is 0 Å². The largest absolute Gasteiger partial charge is 0.480 e. The Kier molecular flexibility index (Phi) is 6.93. The number of benzene rings is 1. The molecule has 1 saturated heterocycles. The van der Waals surface area contributed by atoms with Gasteiger partial charge in [-0.1, -0.05) is 26.0 Å². The summed E-state index contributed by atoms with van der Waals surface area (Å²) in [6.07, 6.45) is -1.98. The molecule has 0 spiro atoms. The third-order valence-electron chi connectivity index (χ3n) is 4.47. The second-order valence-corrected chi connectivity index (χ2v) is 7.07. The van der Waals surface area contributed by atoms with Gasteiger partial charge in [0.2, 0.25) is 6.29 Å². The summed E-state index contributed by atoms with van der Waals surface area (Å²) < 4.78 is 37.2. The zero-order valence-corrected chi connectivity index (χ0v) is 15.9. The molecule has 0 unspecified atom stereocenters. The van der Waals surface area contributed by atoms with Gasteiger partial charge in [0, 0.05) is 13.5 Å². The number of likely N-dealkylation sites (tertiary alicyclic amines) is 1. The van der Waals surface area contributed by atoms with Gasteiger partial charge >= 0.3 is 18.0 Å². The second-order valence-electron chi connectivity index (χ2n) is 7.07. The molecule has 0 radical (unpaired) electrons. The highest BCUT2D eigenvalue weighted by Crippen LogP contribution is 2.29. The number of nitrogens with zero attached hydrogens (tertiary/aromatic N) is 1. The first-order valence-corrected chi connectivity index (χ1v) is 8.93. The standard InChI is InChI=1S/C19H23F2NO6/c1-10(2)18(25)27-11(3)28-19(26)22-9-12(8-15(22)17(23)24)7-13-5-4-6-14(20)16(13)21/h4-6,10-12,15H,7-9H2,1-3H3,(H,23,24)/t11-,12-,15-/m0/s1. The maximum absolute atomic E-state index is 13.9. The van der Waals surface area contributed by atoms with Gasteiger partial charge < -0.3 is 14.6 Å². The van der Waals surface area contributed by atoms with Crippen LogP contribution in [0.3, 0.4) is 0 Å². The maximum atomic E-state index is 13.9. The van der Waals surface area contributed by atoms with Crippen molar-refractivity contribution in [2.75, 3.05) is 6.54 Å². The molecule has 154 valence electrons. The summed E-state index contributed by atoms with van der Waals surface area (Å²) >= 11 is 0. The molecule has 0 saturated carbocycles. The van der Waals surface area contributed by atoms with E-state index < -0.39 is 53.8 Å². The van der Waals surface area contributed by atoms with E-state index in [4.69, 9.17) is 9.47 Å². The van der Waals surface area contributed by atoms with Gasteiger partial charge in [0.1, 0.15) is 6.04 Å². The predicted octanol–water partition coefficient (Wildman–Crippen LogP) is 2.96. The minimum absolute atomic E-state index is 0.00337. The fourth-order valence-corrected chi connectivity index (χ4v) is 3.06. The maximum Gasteiger partial charge on any atom is 0.413 e. The third kappa shape index (κ3) is 5.17. The minimum atomic E-state index is -1.23. The number of ether oxygens (including phenoxy) is 2. The zero-order chi connectivity index (χ0) is 21.0. The molecule has 28 heavy (non-hydrogen) atoms. The third-order valence-corrected chi connectivity index (χ3v) is 4.47. The average Bonchev–Trinajstić information content (AvgIpc) is 3.03. The number of rotatable bonds is 6. The Hall–Kier alpha value is -2.71. The van der Waals surface area contributed by atoms with Gasteiger partial charge in [-0.3, -0.25) is 9.69 Å². The molecule has 0 aliphatic carbocycles. The van der Waals surface area contributed by atoms with Crippen LogP contribution in [0.4, 0.5) is 13.6 Å². The summed E-state index contributed by atoms with van der Waals surface area (Å²) in [4.78, 5) is 36.4. The first-order valence-electron chi connectivity index (χ1n) is 8.93. The van der Waals surface area contributed by atoms with Crippen LogP contribution in [0, 0.1) is 23.5 Å². The Morgan fingerprint density at radius 3 is 2.50 bits per heavy atom. The van der Waals surface area contributed by atoms with Crippen molar-refractivity contribution in [1.29, 1.82) is 0 Å². The van der Waals surface area contributed by atoms with Crippen molar-refractivity contribution >= 4 is 18.0 Å². The molecule has 1 heterocycles. The first kappa shape index (κ1) is 21.6. The number of carboxylic acid groups (broad SMARTS) is 1. The molecule has 1 aliphatic heterocycles. The van der Waals surface area contributed by atoms with Gasteiger partial charge in [-0.15, -0.1) is 0 Å². The van der Waals surface area contributed by atoms with E-state index in [1.807, 2.05) is 0 Å². The quantitative estimate of drug-likeness (QED) is 0.584. The lowest BCUT2D eigenvalue weighted by atomic mass is 9.96. The normalized spacial score (nSPS) is 20.1. The molecule has 1 amide bonds. The summed E-state index contributed by atoms with van der Waals surface area (Å²) in [5, 5.41) is 9.40. The summed E-state index contributed by atoms with van der Waals surface area (Å²) in [5.41, 5.74) is 0.114. The number of esters is 1. The Balaban J connectivity index is 2.04. The van der Waals surface area contributed by atoms with E-state index in [2.05, 4.69) is 0 Å². The number of carboxylic acids is 1. The average molecular weight is 399 g/mol. The summed E-state index contributed by atoms with van der Waals surface area (Å²) in [6, 6.07) is 2.62. The molecule has 7 nitrogen and oxygen atoms in total. The van der Waals surface area contributed by atoms with Crippen molar-refractivity contribution in [2.24, 2.45) is 11.8 Å². The van der Waals surface area contributed by atoms with Crippen LogP contribution < -0.4 is 0 Å². The molecule has 1 aromatic carbocycles. The smallest absolute Gasteiger partial charge is 0.413 e. The molecule has 1 fully saturated rings. The van der Waals surface area contributed by atoms with E-state index in [1.165, 1.54) is 19.1 Å². The fraction of sp³-hybridized carbons (Fsp3) is 0.526. The van der Waals surface area contributed by atoms with Crippen LogP contribution in [-0.4, -0.2) is 46.9 Å². The number of carbonyl (C=O) groups excluding carboxylic acids is 2. The molecule has 9 heteroatoms. The number of hydrogen-bond donors (Lipinski definition) is 1. The highest BCUT2D eigenvalue weighted by atomic mass is 19.2. The lowest BCUT2D eigenvalue weighted by Gasteiger charge is -2.23. The number of amides is 1. The fourth-order valence-electron chi connectivity index (χ4n) is 3.06. The molecule has 1 aromatic rings. The van der Waals surface area contributed by atoms with Crippen LogP contribution in [0.25, 0.3) is 0 Å². The van der Waals surface area contributed by atoms with Crippen molar-refractivity contribution in [1.82, 2.24) is 4.90 Å². The molecule has 2 rings (SSSR count). The van der Waals surface area contributed by atoms with Crippen LogP contribution in [0.2, 0.25) is 0 Å². The lowest BCUT2D eigenvalue weighted by Crippen LogP contribution is -2.42. The van der Waals surface area contributed by atoms with Crippen molar-refractivity contribution in [3.8, 4) is 0 Å².